The molecule has 1 nitrogen and oxygen atoms in total. The van der Waals surface area contributed by atoms with Gasteiger partial charge in [-0.25, -0.2) is 0 Å². The molecule has 2 unspecified atom stereocenters. The van der Waals surface area contributed by atoms with Crippen molar-refractivity contribution >= 4 is 11.8 Å². The van der Waals surface area contributed by atoms with Gasteiger partial charge in [-0.15, -0.1) is 11.8 Å². The number of hydrogen-bond acceptors (Lipinski definition) is 2. The minimum absolute atomic E-state index is 0.155. The molecule has 2 aromatic rings. The van der Waals surface area contributed by atoms with Gasteiger partial charge in [0.15, 0.2) is 0 Å². The molecule has 3 rings (SSSR count). The van der Waals surface area contributed by atoms with E-state index in [2.05, 4.69) is 69.3 Å². The van der Waals surface area contributed by atoms with Gasteiger partial charge in [0.05, 0.1) is 6.10 Å². The van der Waals surface area contributed by atoms with Gasteiger partial charge >= 0.3 is 0 Å². The number of aliphatic hydroxyl groups excluding tert-OH is 1. The van der Waals surface area contributed by atoms with Crippen molar-refractivity contribution in [1.82, 2.24) is 0 Å². The second kappa shape index (κ2) is 5.51. The van der Waals surface area contributed by atoms with Crippen LogP contribution in [0.1, 0.15) is 43.6 Å². The Balaban J connectivity index is 1.76. The van der Waals surface area contributed by atoms with Crippen LogP contribution >= 0.6 is 11.8 Å². The Labute approximate surface area is 131 Å². The zero-order chi connectivity index (χ0) is 15.0. The summed E-state index contributed by atoms with van der Waals surface area (Å²) in [5, 5.41) is 10.9. The SMILES string of the molecule is CC(C)(C)c1ccc(C(O)C2Cc3ccccc3S2)cc1. The van der Waals surface area contributed by atoms with Crippen molar-refractivity contribution in [2.45, 2.75) is 48.9 Å². The third-order valence-corrected chi connectivity index (χ3v) is 5.52. The number of hydrogen-bond donors (Lipinski definition) is 1. The Morgan fingerprint density at radius 1 is 1.05 bits per heavy atom. The van der Waals surface area contributed by atoms with E-state index in [0.29, 0.717) is 0 Å². The first kappa shape index (κ1) is 14.7. The highest BCUT2D eigenvalue weighted by Crippen LogP contribution is 2.42. The maximum Gasteiger partial charge on any atom is 0.0915 e. The zero-order valence-electron chi connectivity index (χ0n) is 12.8. The van der Waals surface area contributed by atoms with Gasteiger partial charge in [0, 0.05) is 10.1 Å². The monoisotopic (exact) mass is 298 g/mol. The maximum atomic E-state index is 10.7. The molecule has 0 aromatic heterocycles. The molecule has 2 atom stereocenters. The lowest BCUT2D eigenvalue weighted by atomic mass is 9.86. The van der Waals surface area contributed by atoms with Crippen LogP contribution in [-0.2, 0) is 11.8 Å². The highest BCUT2D eigenvalue weighted by Gasteiger charge is 2.29. The van der Waals surface area contributed by atoms with Crippen molar-refractivity contribution in [3.05, 3.63) is 65.2 Å². The summed E-state index contributed by atoms with van der Waals surface area (Å²) in [5.41, 5.74) is 3.84. The lowest BCUT2D eigenvalue weighted by molar-refractivity contribution is 0.175. The van der Waals surface area contributed by atoms with Crippen molar-refractivity contribution in [3.63, 3.8) is 0 Å². The van der Waals surface area contributed by atoms with Crippen LogP contribution in [0.3, 0.4) is 0 Å². The number of thioether (sulfide) groups is 1. The van der Waals surface area contributed by atoms with Gasteiger partial charge in [-0.2, -0.15) is 0 Å². The first-order valence-corrected chi connectivity index (χ1v) is 8.36. The average molecular weight is 298 g/mol. The molecule has 2 aromatic carbocycles. The summed E-state index contributed by atoms with van der Waals surface area (Å²) in [6, 6.07) is 16.9. The summed E-state index contributed by atoms with van der Waals surface area (Å²) >= 11 is 1.80. The van der Waals surface area contributed by atoms with Gasteiger partial charge in [0.1, 0.15) is 0 Å². The quantitative estimate of drug-likeness (QED) is 0.864. The Kier molecular flexibility index (Phi) is 3.85. The Morgan fingerprint density at radius 3 is 2.33 bits per heavy atom. The lowest BCUT2D eigenvalue weighted by Gasteiger charge is -2.21. The third-order valence-electron chi connectivity index (χ3n) is 4.14. The molecule has 1 heterocycles. The van der Waals surface area contributed by atoms with Crippen molar-refractivity contribution in [3.8, 4) is 0 Å². The van der Waals surface area contributed by atoms with E-state index in [0.717, 1.165) is 12.0 Å². The molecule has 0 bridgehead atoms. The molecule has 0 spiro atoms. The zero-order valence-corrected chi connectivity index (χ0v) is 13.7. The number of rotatable bonds is 2. The normalized spacial score (nSPS) is 19.3. The van der Waals surface area contributed by atoms with Crippen LogP contribution in [0.2, 0.25) is 0 Å². The second-order valence-corrected chi connectivity index (χ2v) is 8.07. The molecule has 110 valence electrons. The van der Waals surface area contributed by atoms with E-state index >= 15 is 0 Å². The summed E-state index contributed by atoms with van der Waals surface area (Å²) in [7, 11) is 0. The fourth-order valence-corrected chi connectivity index (χ4v) is 4.11. The summed E-state index contributed by atoms with van der Waals surface area (Å²) in [4.78, 5) is 1.31. The Morgan fingerprint density at radius 2 is 1.71 bits per heavy atom. The Bertz CT molecular complexity index is 600. The molecule has 1 aliphatic rings. The topological polar surface area (TPSA) is 20.2 Å². The van der Waals surface area contributed by atoms with E-state index in [-0.39, 0.29) is 10.7 Å². The van der Waals surface area contributed by atoms with E-state index in [1.54, 1.807) is 11.8 Å². The van der Waals surface area contributed by atoms with Crippen LogP contribution in [0.15, 0.2) is 53.4 Å². The van der Waals surface area contributed by atoms with Gasteiger partial charge < -0.3 is 5.11 Å². The highest BCUT2D eigenvalue weighted by atomic mass is 32.2. The number of benzene rings is 2. The van der Waals surface area contributed by atoms with Crippen molar-refractivity contribution in [1.29, 1.82) is 0 Å². The molecule has 0 radical (unpaired) electrons. The van der Waals surface area contributed by atoms with Crippen LogP contribution in [-0.4, -0.2) is 10.4 Å². The van der Waals surface area contributed by atoms with Gasteiger partial charge in [-0.05, 0) is 34.6 Å². The largest absolute Gasteiger partial charge is 0.387 e. The molecular formula is C19H22OS. The van der Waals surface area contributed by atoms with Crippen molar-refractivity contribution in [2.75, 3.05) is 0 Å². The van der Waals surface area contributed by atoms with Gasteiger partial charge in [0.25, 0.3) is 0 Å². The van der Waals surface area contributed by atoms with Crippen LogP contribution in [0, 0.1) is 0 Å². The molecule has 0 saturated heterocycles. The molecule has 0 aliphatic carbocycles. The average Bonchev–Trinajstić information content (AvgIpc) is 2.89. The summed E-state index contributed by atoms with van der Waals surface area (Å²) in [5.74, 6) is 0. The summed E-state index contributed by atoms with van der Waals surface area (Å²) in [6.45, 7) is 6.63. The molecule has 1 aliphatic heterocycles. The van der Waals surface area contributed by atoms with E-state index < -0.39 is 6.10 Å². The van der Waals surface area contributed by atoms with Crippen LogP contribution in [0.4, 0.5) is 0 Å². The summed E-state index contributed by atoms with van der Waals surface area (Å²) < 4.78 is 0. The smallest absolute Gasteiger partial charge is 0.0915 e. The summed E-state index contributed by atoms with van der Waals surface area (Å²) in [6.07, 6.45) is 0.541. The first-order chi connectivity index (χ1) is 9.95. The van der Waals surface area contributed by atoms with Crippen LogP contribution in [0.25, 0.3) is 0 Å². The predicted molar refractivity (Wildman–Crippen MR) is 89.9 cm³/mol. The lowest BCUT2D eigenvalue weighted by Crippen LogP contribution is -2.15. The fraction of sp³-hybridized carbons (Fsp3) is 0.368. The molecular weight excluding hydrogens is 276 g/mol. The number of fused-ring (bicyclic) bond motifs is 1. The van der Waals surface area contributed by atoms with Gasteiger partial charge in [-0.1, -0.05) is 63.2 Å². The molecule has 0 fully saturated rings. The molecule has 2 heteroatoms. The van der Waals surface area contributed by atoms with Gasteiger partial charge in [-0.3, -0.25) is 0 Å². The minimum atomic E-state index is -0.406. The van der Waals surface area contributed by atoms with Gasteiger partial charge in [0.2, 0.25) is 0 Å². The molecule has 1 N–H and O–H groups in total. The van der Waals surface area contributed by atoms with E-state index in [1.165, 1.54) is 16.0 Å². The van der Waals surface area contributed by atoms with Crippen molar-refractivity contribution < 1.29 is 5.11 Å². The maximum absolute atomic E-state index is 10.7. The second-order valence-electron chi connectivity index (χ2n) is 6.78. The first-order valence-electron chi connectivity index (χ1n) is 7.48. The number of aliphatic hydroxyl groups is 1. The molecule has 21 heavy (non-hydrogen) atoms. The Hall–Kier alpha value is -1.25. The minimum Gasteiger partial charge on any atom is -0.387 e. The standard InChI is InChI=1S/C19H22OS/c1-19(2,3)15-10-8-13(9-11-15)18(20)17-12-14-6-4-5-7-16(14)21-17/h4-11,17-18,20H,12H2,1-3H3. The third kappa shape index (κ3) is 3.02. The highest BCUT2D eigenvalue weighted by molar-refractivity contribution is 8.00. The van der Waals surface area contributed by atoms with Crippen LogP contribution in [0.5, 0.6) is 0 Å². The van der Waals surface area contributed by atoms with E-state index in [1.807, 2.05) is 0 Å². The van der Waals surface area contributed by atoms with E-state index in [4.69, 9.17) is 0 Å². The predicted octanol–water partition coefficient (Wildman–Crippen LogP) is 4.73. The van der Waals surface area contributed by atoms with Crippen molar-refractivity contribution in [2.24, 2.45) is 0 Å². The molecule has 0 amide bonds. The van der Waals surface area contributed by atoms with Crippen LogP contribution < -0.4 is 0 Å². The van der Waals surface area contributed by atoms with E-state index in [9.17, 15) is 5.11 Å². The molecule has 0 saturated carbocycles. The fourth-order valence-electron chi connectivity index (χ4n) is 2.78.